The smallest absolute Gasteiger partial charge is 0.364 e. The first-order valence-corrected chi connectivity index (χ1v) is 8.52. The van der Waals surface area contributed by atoms with Crippen LogP contribution in [0.4, 0.5) is 0 Å². The molecule has 0 spiro atoms. The number of hydrogen-bond acceptors (Lipinski definition) is 8. The molecule has 0 aliphatic heterocycles. The van der Waals surface area contributed by atoms with Crippen LogP contribution in [0.3, 0.4) is 0 Å². The first-order chi connectivity index (χ1) is 12.4. The highest BCUT2D eigenvalue weighted by Crippen LogP contribution is 2.26. The Balaban J connectivity index is 2.00. The third-order valence-corrected chi connectivity index (χ3v) is 4.01. The van der Waals surface area contributed by atoms with Crippen LogP contribution < -0.4 is 21.7 Å². The van der Waals surface area contributed by atoms with Gasteiger partial charge in [-0.05, 0) is 48.9 Å². The lowest BCUT2D eigenvalue weighted by atomic mass is 9.92. The zero-order chi connectivity index (χ0) is 19.1. The lowest BCUT2D eigenvalue weighted by Crippen LogP contribution is -2.33. The van der Waals surface area contributed by atoms with Crippen LogP contribution in [0.25, 0.3) is 0 Å². The monoisotopic (exact) mass is 363 g/mol. The molecule has 1 aromatic carbocycles. The van der Waals surface area contributed by atoms with Crippen molar-refractivity contribution in [1.82, 2.24) is 5.43 Å². The summed E-state index contributed by atoms with van der Waals surface area (Å²) in [5, 5.41) is 0. The van der Waals surface area contributed by atoms with E-state index in [2.05, 4.69) is 5.43 Å². The second-order valence-electron chi connectivity index (χ2n) is 6.29. The summed E-state index contributed by atoms with van der Waals surface area (Å²) in [6.07, 6.45) is 4.36. The lowest BCUT2D eigenvalue weighted by Gasteiger charge is -2.17. The van der Waals surface area contributed by atoms with Crippen molar-refractivity contribution in [2.75, 3.05) is 6.79 Å². The van der Waals surface area contributed by atoms with Crippen molar-refractivity contribution in [1.29, 1.82) is 0 Å². The number of carbonyl (C=O) groups excluding carboxylic acids is 2. The van der Waals surface area contributed by atoms with Gasteiger partial charge < -0.3 is 25.4 Å². The summed E-state index contributed by atoms with van der Waals surface area (Å²) in [4.78, 5) is 23.4. The summed E-state index contributed by atoms with van der Waals surface area (Å²) < 4.78 is 15.1. The highest BCUT2D eigenvalue weighted by molar-refractivity contribution is 5.88. The minimum absolute atomic E-state index is 0.233. The van der Waals surface area contributed by atoms with Crippen LogP contribution in [0.5, 0.6) is 5.75 Å². The second-order valence-corrected chi connectivity index (χ2v) is 6.29. The highest BCUT2D eigenvalue weighted by Gasteiger charge is 2.18. The molecular formula is C18H25N3O5. The highest BCUT2D eigenvalue weighted by atomic mass is 16.7. The zero-order valence-corrected chi connectivity index (χ0v) is 15.0. The minimum Gasteiger partial charge on any atom is -0.439 e. The summed E-state index contributed by atoms with van der Waals surface area (Å²) in [5.74, 6) is 3.92. The van der Waals surface area contributed by atoms with Gasteiger partial charge in [-0.2, -0.15) is 0 Å². The van der Waals surface area contributed by atoms with Crippen molar-refractivity contribution < 1.29 is 23.8 Å². The van der Waals surface area contributed by atoms with Gasteiger partial charge in [-0.1, -0.05) is 19.9 Å². The van der Waals surface area contributed by atoms with Crippen LogP contribution in [0, 0.1) is 5.92 Å². The van der Waals surface area contributed by atoms with E-state index in [0.29, 0.717) is 5.75 Å². The summed E-state index contributed by atoms with van der Waals surface area (Å²) in [5.41, 5.74) is 10.2. The fourth-order valence-corrected chi connectivity index (χ4v) is 2.56. The SMILES string of the molecule is CC(C)C(=O)OCOC(=O)/C(NN)=C(/N)Oc1ccc2c(c1)CCCC2. The maximum absolute atomic E-state index is 12.0. The molecule has 0 radical (unpaired) electrons. The van der Waals surface area contributed by atoms with Gasteiger partial charge in [0, 0.05) is 0 Å². The molecule has 1 aliphatic carbocycles. The van der Waals surface area contributed by atoms with Gasteiger partial charge in [0.05, 0.1) is 5.92 Å². The molecule has 142 valence electrons. The van der Waals surface area contributed by atoms with Crippen LogP contribution in [0.2, 0.25) is 0 Å². The van der Waals surface area contributed by atoms with Crippen molar-refractivity contribution >= 4 is 11.9 Å². The van der Waals surface area contributed by atoms with Crippen LogP contribution in [-0.4, -0.2) is 18.7 Å². The number of nitrogens with one attached hydrogen (secondary N) is 1. The van der Waals surface area contributed by atoms with Gasteiger partial charge >= 0.3 is 11.9 Å². The molecule has 0 saturated heterocycles. The van der Waals surface area contributed by atoms with E-state index in [9.17, 15) is 9.59 Å². The van der Waals surface area contributed by atoms with E-state index in [1.54, 1.807) is 19.9 Å². The largest absolute Gasteiger partial charge is 0.439 e. The Morgan fingerprint density at radius 1 is 1.15 bits per heavy atom. The number of hydrogen-bond donors (Lipinski definition) is 3. The first kappa shape index (κ1) is 19.6. The Kier molecular flexibility index (Phi) is 6.85. The Hall–Kier alpha value is -2.74. The molecule has 0 atom stereocenters. The fourth-order valence-electron chi connectivity index (χ4n) is 2.56. The third-order valence-electron chi connectivity index (χ3n) is 4.01. The molecule has 0 unspecified atom stereocenters. The number of ether oxygens (including phenoxy) is 3. The second kappa shape index (κ2) is 9.10. The van der Waals surface area contributed by atoms with Gasteiger partial charge in [-0.25, -0.2) is 4.79 Å². The maximum Gasteiger partial charge on any atom is 0.364 e. The average molecular weight is 363 g/mol. The van der Waals surface area contributed by atoms with Crippen molar-refractivity contribution in [2.24, 2.45) is 17.5 Å². The maximum atomic E-state index is 12.0. The van der Waals surface area contributed by atoms with Crippen molar-refractivity contribution in [3.05, 3.63) is 40.9 Å². The van der Waals surface area contributed by atoms with Gasteiger partial charge in [-0.15, -0.1) is 0 Å². The minimum atomic E-state index is -0.889. The molecule has 1 aliphatic rings. The van der Waals surface area contributed by atoms with Gasteiger partial charge in [0.2, 0.25) is 12.7 Å². The van der Waals surface area contributed by atoms with E-state index < -0.39 is 18.7 Å². The fraction of sp³-hybridized carbons (Fsp3) is 0.444. The molecule has 0 bridgehead atoms. The van der Waals surface area contributed by atoms with Crippen molar-refractivity contribution in [3.8, 4) is 5.75 Å². The standard InChI is InChI=1S/C18H25N3O5/c1-11(2)17(22)24-10-25-18(23)15(21-20)16(19)26-14-8-7-12-5-3-4-6-13(12)9-14/h7-9,11,21H,3-6,10,19-20H2,1-2H3/b16-15+. The number of rotatable bonds is 7. The van der Waals surface area contributed by atoms with Crippen molar-refractivity contribution in [2.45, 2.75) is 39.5 Å². The summed E-state index contributed by atoms with van der Waals surface area (Å²) in [6.45, 7) is 2.80. The van der Waals surface area contributed by atoms with Crippen LogP contribution in [-0.2, 0) is 31.9 Å². The molecule has 0 amide bonds. The van der Waals surface area contributed by atoms with E-state index >= 15 is 0 Å². The van der Waals surface area contributed by atoms with Crippen LogP contribution >= 0.6 is 0 Å². The van der Waals surface area contributed by atoms with Gasteiger partial charge in [0.1, 0.15) is 5.75 Å². The van der Waals surface area contributed by atoms with E-state index in [1.807, 2.05) is 12.1 Å². The quantitative estimate of drug-likeness (QED) is 0.165. The molecule has 5 N–H and O–H groups in total. The van der Waals surface area contributed by atoms with Gasteiger partial charge in [0.25, 0.3) is 0 Å². The molecule has 0 aromatic heterocycles. The first-order valence-electron chi connectivity index (χ1n) is 8.52. The topological polar surface area (TPSA) is 126 Å². The number of aryl methyl sites for hydroxylation is 2. The molecule has 2 rings (SSSR count). The van der Waals surface area contributed by atoms with E-state index in [4.69, 9.17) is 25.8 Å². The molecule has 26 heavy (non-hydrogen) atoms. The van der Waals surface area contributed by atoms with Crippen molar-refractivity contribution in [3.63, 3.8) is 0 Å². The predicted octanol–water partition coefficient (Wildman–Crippen LogP) is 1.24. The molecule has 0 heterocycles. The molecule has 8 nitrogen and oxygen atoms in total. The van der Waals surface area contributed by atoms with E-state index in [-0.39, 0.29) is 17.5 Å². The summed E-state index contributed by atoms with van der Waals surface area (Å²) >= 11 is 0. The average Bonchev–Trinajstić information content (AvgIpc) is 2.62. The number of benzene rings is 1. The number of hydrazine groups is 1. The molecule has 1 aromatic rings. The van der Waals surface area contributed by atoms with Gasteiger partial charge in [-0.3, -0.25) is 10.6 Å². The van der Waals surface area contributed by atoms with E-state index in [0.717, 1.165) is 19.3 Å². The molecule has 0 fully saturated rings. The summed E-state index contributed by atoms with van der Waals surface area (Å²) in [7, 11) is 0. The Morgan fingerprint density at radius 2 is 1.85 bits per heavy atom. The number of fused-ring (bicyclic) bond motifs is 1. The predicted molar refractivity (Wildman–Crippen MR) is 94.1 cm³/mol. The number of carbonyl (C=O) groups is 2. The van der Waals surface area contributed by atoms with Gasteiger partial charge in [0.15, 0.2) is 5.70 Å². The zero-order valence-electron chi connectivity index (χ0n) is 15.0. The number of nitrogens with two attached hydrogens (primary N) is 2. The molecular weight excluding hydrogens is 338 g/mol. The normalized spacial score (nSPS) is 14.2. The third kappa shape index (κ3) is 5.13. The van der Waals surface area contributed by atoms with Crippen LogP contribution in [0.1, 0.15) is 37.8 Å². The number of esters is 2. The Bertz CT molecular complexity index is 700. The van der Waals surface area contributed by atoms with Crippen LogP contribution in [0.15, 0.2) is 29.8 Å². The molecule has 0 saturated carbocycles. The molecule has 8 heteroatoms. The lowest BCUT2D eigenvalue weighted by molar-refractivity contribution is -0.167. The summed E-state index contributed by atoms with van der Waals surface area (Å²) in [6, 6.07) is 5.70. The van der Waals surface area contributed by atoms with E-state index in [1.165, 1.54) is 17.5 Å². The Labute approximate surface area is 152 Å². The Morgan fingerprint density at radius 3 is 2.50 bits per heavy atom.